The number of nitrogens with one attached hydrogen (secondary N) is 1. The van der Waals surface area contributed by atoms with Gasteiger partial charge in [0, 0.05) is 27.6 Å². The Balaban J connectivity index is 1.91. The van der Waals surface area contributed by atoms with Crippen LogP contribution in [0.3, 0.4) is 0 Å². The zero-order valence-corrected chi connectivity index (χ0v) is 13.8. The van der Waals surface area contributed by atoms with Gasteiger partial charge in [-0.2, -0.15) is 0 Å². The highest BCUT2D eigenvalue weighted by molar-refractivity contribution is 7.99. The lowest BCUT2D eigenvalue weighted by Crippen LogP contribution is -2.28. The second-order valence-corrected chi connectivity index (χ2v) is 6.94. The zero-order valence-electron chi connectivity index (χ0n) is 12.2. The second kappa shape index (κ2) is 6.87. The van der Waals surface area contributed by atoms with E-state index in [1.54, 1.807) is 0 Å². The van der Waals surface area contributed by atoms with Crippen LogP contribution in [0.1, 0.15) is 36.4 Å². The molecule has 110 valence electrons. The number of benzene rings is 2. The van der Waals surface area contributed by atoms with E-state index in [1.165, 1.54) is 16.0 Å². The molecule has 0 fully saturated rings. The third kappa shape index (κ3) is 3.28. The summed E-state index contributed by atoms with van der Waals surface area (Å²) in [5.74, 6) is 1.67. The molecule has 2 aromatic carbocycles. The Hall–Kier alpha value is -0.960. The monoisotopic (exact) mass is 317 g/mol. The van der Waals surface area contributed by atoms with E-state index in [2.05, 4.69) is 48.6 Å². The van der Waals surface area contributed by atoms with E-state index < -0.39 is 0 Å². The molecule has 1 aliphatic heterocycles. The molecule has 2 unspecified atom stereocenters. The number of thioether (sulfide) groups is 1. The molecule has 3 heteroatoms. The molecule has 0 aromatic heterocycles. The van der Waals surface area contributed by atoms with Gasteiger partial charge in [-0.25, -0.2) is 0 Å². The average molecular weight is 318 g/mol. The van der Waals surface area contributed by atoms with Crippen LogP contribution in [0.5, 0.6) is 0 Å². The van der Waals surface area contributed by atoms with Crippen LogP contribution in [0.4, 0.5) is 0 Å². The van der Waals surface area contributed by atoms with Gasteiger partial charge in [0.05, 0.1) is 0 Å². The fraction of sp³-hybridized carbons (Fsp3) is 0.333. The molecule has 21 heavy (non-hydrogen) atoms. The van der Waals surface area contributed by atoms with Crippen molar-refractivity contribution in [2.75, 3.05) is 12.3 Å². The Morgan fingerprint density at radius 1 is 1.19 bits per heavy atom. The summed E-state index contributed by atoms with van der Waals surface area (Å²) in [5, 5.41) is 4.53. The van der Waals surface area contributed by atoms with Crippen LogP contribution < -0.4 is 5.32 Å². The van der Waals surface area contributed by atoms with E-state index >= 15 is 0 Å². The predicted octanol–water partition coefficient (Wildman–Crippen LogP) is 5.27. The van der Waals surface area contributed by atoms with E-state index in [0.29, 0.717) is 12.0 Å². The molecule has 0 spiro atoms. The van der Waals surface area contributed by atoms with Gasteiger partial charge < -0.3 is 5.32 Å². The molecule has 1 nitrogen and oxygen atoms in total. The predicted molar refractivity (Wildman–Crippen MR) is 92.4 cm³/mol. The van der Waals surface area contributed by atoms with Crippen molar-refractivity contribution in [3.05, 3.63) is 64.7 Å². The van der Waals surface area contributed by atoms with Crippen LogP contribution >= 0.6 is 23.4 Å². The van der Waals surface area contributed by atoms with E-state index in [0.717, 1.165) is 23.7 Å². The van der Waals surface area contributed by atoms with E-state index in [4.69, 9.17) is 11.6 Å². The Labute approximate surface area is 136 Å². The van der Waals surface area contributed by atoms with Crippen LogP contribution in [0.25, 0.3) is 0 Å². The first-order chi connectivity index (χ1) is 10.3. The van der Waals surface area contributed by atoms with Crippen LogP contribution in [-0.4, -0.2) is 12.3 Å². The number of fused-ring (bicyclic) bond motifs is 1. The van der Waals surface area contributed by atoms with Crippen molar-refractivity contribution in [2.24, 2.45) is 0 Å². The fourth-order valence-electron chi connectivity index (χ4n) is 2.93. The molecule has 2 atom stereocenters. The van der Waals surface area contributed by atoms with Gasteiger partial charge in [-0.3, -0.25) is 0 Å². The van der Waals surface area contributed by atoms with Gasteiger partial charge in [0.15, 0.2) is 0 Å². The highest BCUT2D eigenvalue weighted by Crippen LogP contribution is 2.45. The molecule has 2 aromatic rings. The van der Waals surface area contributed by atoms with Gasteiger partial charge in [0.1, 0.15) is 0 Å². The van der Waals surface area contributed by atoms with Crippen molar-refractivity contribution in [3.63, 3.8) is 0 Å². The van der Waals surface area contributed by atoms with Gasteiger partial charge >= 0.3 is 0 Å². The van der Waals surface area contributed by atoms with E-state index in [-0.39, 0.29) is 0 Å². The third-order valence-corrected chi connectivity index (χ3v) is 5.44. The topological polar surface area (TPSA) is 12.0 Å². The lowest BCUT2D eigenvalue weighted by Gasteiger charge is -2.26. The van der Waals surface area contributed by atoms with Gasteiger partial charge in [-0.15, -0.1) is 11.8 Å². The van der Waals surface area contributed by atoms with E-state index in [1.807, 2.05) is 23.9 Å². The molecule has 0 saturated carbocycles. The van der Waals surface area contributed by atoms with Crippen molar-refractivity contribution in [1.82, 2.24) is 5.32 Å². The highest BCUT2D eigenvalue weighted by atomic mass is 35.5. The molecule has 0 radical (unpaired) electrons. The van der Waals surface area contributed by atoms with Crippen LogP contribution in [0.2, 0.25) is 5.02 Å². The summed E-state index contributed by atoms with van der Waals surface area (Å²) in [6.07, 6.45) is 1.14. The Kier molecular flexibility index (Phi) is 4.89. The highest BCUT2D eigenvalue weighted by Gasteiger charge is 2.30. The molecule has 0 aliphatic carbocycles. The normalized spacial score (nSPS) is 18.5. The summed E-state index contributed by atoms with van der Waals surface area (Å²) in [6, 6.07) is 17.4. The smallest absolute Gasteiger partial charge is 0.0406 e. The molecule has 1 N–H and O–H groups in total. The lowest BCUT2D eigenvalue weighted by atomic mass is 9.88. The van der Waals surface area contributed by atoms with Crippen molar-refractivity contribution < 1.29 is 0 Å². The lowest BCUT2D eigenvalue weighted by molar-refractivity contribution is 0.471. The quantitative estimate of drug-likeness (QED) is 0.806. The van der Waals surface area contributed by atoms with Crippen LogP contribution in [-0.2, 0) is 0 Å². The van der Waals surface area contributed by atoms with Crippen molar-refractivity contribution in [1.29, 1.82) is 0 Å². The summed E-state index contributed by atoms with van der Waals surface area (Å²) >= 11 is 8.01. The Morgan fingerprint density at radius 2 is 1.95 bits per heavy atom. The first-order valence-electron chi connectivity index (χ1n) is 7.50. The fourth-order valence-corrected chi connectivity index (χ4v) is 4.34. The summed E-state index contributed by atoms with van der Waals surface area (Å²) in [6.45, 7) is 3.25. The standard InChI is InChI=1S/C18H20ClNS/c1-2-11-20-18(13-7-9-14(19)10-8-13)16-12-21-17-6-4-3-5-15(16)17/h3-10,16,18,20H,2,11-12H2,1H3. The first kappa shape index (κ1) is 15.0. The number of rotatable bonds is 5. The number of halogens is 1. The van der Waals surface area contributed by atoms with Gasteiger partial charge in [0.2, 0.25) is 0 Å². The number of hydrogen-bond donors (Lipinski definition) is 1. The summed E-state index contributed by atoms with van der Waals surface area (Å²) < 4.78 is 0. The van der Waals surface area contributed by atoms with Crippen molar-refractivity contribution >= 4 is 23.4 Å². The van der Waals surface area contributed by atoms with Gasteiger partial charge in [-0.05, 0) is 42.3 Å². The zero-order chi connectivity index (χ0) is 14.7. The molecule has 0 saturated heterocycles. The molecule has 1 aliphatic rings. The number of hydrogen-bond acceptors (Lipinski definition) is 2. The van der Waals surface area contributed by atoms with Crippen molar-refractivity contribution in [3.8, 4) is 0 Å². The SMILES string of the molecule is CCCNC(c1ccc(Cl)cc1)C1CSc2ccccc21. The van der Waals surface area contributed by atoms with Crippen LogP contribution in [0.15, 0.2) is 53.4 Å². The maximum absolute atomic E-state index is 6.04. The molecular formula is C18H20ClNS. The van der Waals surface area contributed by atoms with Gasteiger partial charge in [-0.1, -0.05) is 48.9 Å². The van der Waals surface area contributed by atoms with E-state index in [9.17, 15) is 0 Å². The third-order valence-electron chi connectivity index (χ3n) is 3.98. The molecule has 1 heterocycles. The van der Waals surface area contributed by atoms with Crippen molar-refractivity contribution in [2.45, 2.75) is 30.2 Å². The molecule has 0 amide bonds. The summed E-state index contributed by atoms with van der Waals surface area (Å²) in [7, 11) is 0. The first-order valence-corrected chi connectivity index (χ1v) is 8.86. The van der Waals surface area contributed by atoms with Crippen LogP contribution in [0, 0.1) is 0 Å². The minimum Gasteiger partial charge on any atom is -0.309 e. The summed E-state index contributed by atoms with van der Waals surface area (Å²) in [5.41, 5.74) is 2.81. The molecule has 3 rings (SSSR count). The minimum absolute atomic E-state index is 0.360. The largest absolute Gasteiger partial charge is 0.309 e. The molecule has 0 bridgehead atoms. The maximum Gasteiger partial charge on any atom is 0.0406 e. The molecular weight excluding hydrogens is 298 g/mol. The minimum atomic E-state index is 0.360. The second-order valence-electron chi connectivity index (χ2n) is 5.44. The Bertz CT molecular complexity index is 596. The van der Waals surface area contributed by atoms with Gasteiger partial charge in [0.25, 0.3) is 0 Å². The maximum atomic E-state index is 6.04. The Morgan fingerprint density at radius 3 is 2.71 bits per heavy atom. The summed E-state index contributed by atoms with van der Waals surface area (Å²) in [4.78, 5) is 1.43. The average Bonchev–Trinajstić information content (AvgIpc) is 2.93.